The van der Waals surface area contributed by atoms with E-state index in [1.54, 1.807) is 7.11 Å². The monoisotopic (exact) mass is 337 g/mol. The summed E-state index contributed by atoms with van der Waals surface area (Å²) in [7, 11) is 1.75. The standard InChI is InChI=1S/C22H27NO2/c1-14(2)23-17-10-7-6-9-15(17)22(3,4)16-13-25-19-12-8-11-18(24-5)20(19)21(16)23/h6-12,14,16,21H,13H2,1-5H3/t16-,21-/m0/s1. The van der Waals surface area contributed by atoms with E-state index >= 15 is 0 Å². The van der Waals surface area contributed by atoms with Crippen molar-refractivity contribution >= 4 is 5.69 Å². The highest BCUT2D eigenvalue weighted by atomic mass is 16.5. The van der Waals surface area contributed by atoms with Crippen LogP contribution in [-0.4, -0.2) is 19.8 Å². The van der Waals surface area contributed by atoms with Crippen LogP contribution in [0.3, 0.4) is 0 Å². The Morgan fingerprint density at radius 1 is 1.12 bits per heavy atom. The summed E-state index contributed by atoms with van der Waals surface area (Å²) in [6, 6.07) is 15.6. The molecule has 0 amide bonds. The van der Waals surface area contributed by atoms with E-state index < -0.39 is 0 Å². The van der Waals surface area contributed by atoms with Crippen LogP contribution in [0.1, 0.15) is 44.9 Å². The van der Waals surface area contributed by atoms with Crippen LogP contribution in [0.25, 0.3) is 0 Å². The molecule has 4 rings (SSSR count). The lowest BCUT2D eigenvalue weighted by atomic mass is 9.64. The first-order valence-corrected chi connectivity index (χ1v) is 9.14. The van der Waals surface area contributed by atoms with E-state index in [9.17, 15) is 0 Å². The normalized spacial score (nSPS) is 23.4. The molecule has 2 aliphatic heterocycles. The molecule has 0 N–H and O–H groups in total. The van der Waals surface area contributed by atoms with Crippen LogP contribution in [0, 0.1) is 5.92 Å². The van der Waals surface area contributed by atoms with Crippen molar-refractivity contribution in [2.45, 2.75) is 45.2 Å². The second-order valence-electron chi connectivity index (χ2n) is 7.97. The average Bonchev–Trinajstić information content (AvgIpc) is 2.60. The molecule has 0 radical (unpaired) electrons. The molecule has 0 saturated carbocycles. The Bertz CT molecular complexity index is 782. The molecule has 0 fully saturated rings. The van der Waals surface area contributed by atoms with Crippen molar-refractivity contribution < 1.29 is 9.47 Å². The Balaban J connectivity index is 2.00. The number of nitrogens with zero attached hydrogens (tertiary/aromatic N) is 1. The van der Waals surface area contributed by atoms with Gasteiger partial charge in [0, 0.05) is 23.1 Å². The minimum atomic E-state index is 0.0329. The van der Waals surface area contributed by atoms with Gasteiger partial charge in [-0.25, -0.2) is 0 Å². The van der Waals surface area contributed by atoms with E-state index in [0.717, 1.165) is 18.1 Å². The molecule has 2 aromatic carbocycles. The summed E-state index contributed by atoms with van der Waals surface area (Å²) in [6.07, 6.45) is 0. The van der Waals surface area contributed by atoms with E-state index in [2.05, 4.69) is 69.0 Å². The minimum absolute atomic E-state index is 0.0329. The van der Waals surface area contributed by atoms with E-state index in [0.29, 0.717) is 12.0 Å². The number of benzene rings is 2. The van der Waals surface area contributed by atoms with Gasteiger partial charge < -0.3 is 14.4 Å². The number of ether oxygens (including phenoxy) is 2. The van der Waals surface area contributed by atoms with Crippen molar-refractivity contribution in [2.75, 3.05) is 18.6 Å². The minimum Gasteiger partial charge on any atom is -0.496 e. The van der Waals surface area contributed by atoms with Crippen LogP contribution < -0.4 is 14.4 Å². The molecule has 3 nitrogen and oxygen atoms in total. The lowest BCUT2D eigenvalue weighted by molar-refractivity contribution is 0.116. The summed E-state index contributed by atoms with van der Waals surface area (Å²) in [5.74, 6) is 2.25. The molecule has 2 atom stereocenters. The van der Waals surface area contributed by atoms with Crippen molar-refractivity contribution in [2.24, 2.45) is 5.92 Å². The zero-order valence-electron chi connectivity index (χ0n) is 15.7. The predicted octanol–water partition coefficient (Wildman–Crippen LogP) is 4.95. The number of methoxy groups -OCH3 is 1. The third-order valence-electron chi connectivity index (χ3n) is 6.00. The zero-order chi connectivity index (χ0) is 17.8. The Kier molecular flexibility index (Phi) is 3.71. The summed E-state index contributed by atoms with van der Waals surface area (Å²) in [5, 5.41) is 0. The molecule has 0 spiro atoms. The Morgan fingerprint density at radius 3 is 2.60 bits per heavy atom. The quantitative estimate of drug-likeness (QED) is 0.774. The molecule has 0 saturated heterocycles. The number of hydrogen-bond donors (Lipinski definition) is 0. The zero-order valence-corrected chi connectivity index (χ0v) is 15.7. The van der Waals surface area contributed by atoms with E-state index in [1.807, 2.05) is 6.07 Å². The molecular weight excluding hydrogens is 310 g/mol. The lowest BCUT2D eigenvalue weighted by Crippen LogP contribution is -2.53. The summed E-state index contributed by atoms with van der Waals surface area (Å²) in [6.45, 7) is 9.98. The SMILES string of the molecule is COc1cccc2c1[C@@H]1[C@H](CO2)C(C)(C)c2ccccc2N1C(C)C. The fourth-order valence-electron chi connectivity index (χ4n) is 4.72. The summed E-state index contributed by atoms with van der Waals surface area (Å²) in [5.41, 5.74) is 3.97. The molecule has 0 bridgehead atoms. The average molecular weight is 337 g/mol. The first-order chi connectivity index (χ1) is 12.0. The molecule has 2 aliphatic rings. The molecule has 2 aromatic rings. The fourth-order valence-corrected chi connectivity index (χ4v) is 4.72. The van der Waals surface area contributed by atoms with Crippen LogP contribution >= 0.6 is 0 Å². The lowest BCUT2D eigenvalue weighted by Gasteiger charge is -2.55. The number of rotatable bonds is 2. The maximum atomic E-state index is 6.21. The van der Waals surface area contributed by atoms with Crippen molar-refractivity contribution in [3.05, 3.63) is 53.6 Å². The fraction of sp³-hybridized carbons (Fsp3) is 0.455. The van der Waals surface area contributed by atoms with Gasteiger partial charge in [-0.1, -0.05) is 38.1 Å². The molecule has 132 valence electrons. The maximum absolute atomic E-state index is 6.21. The van der Waals surface area contributed by atoms with Crippen molar-refractivity contribution in [3.63, 3.8) is 0 Å². The number of fused-ring (bicyclic) bond motifs is 4. The largest absolute Gasteiger partial charge is 0.496 e. The van der Waals surface area contributed by atoms with Crippen LogP contribution in [0.4, 0.5) is 5.69 Å². The van der Waals surface area contributed by atoms with Crippen LogP contribution in [-0.2, 0) is 5.41 Å². The highest BCUT2D eigenvalue weighted by Gasteiger charge is 2.51. The van der Waals surface area contributed by atoms with Gasteiger partial charge in [-0.05, 0) is 37.6 Å². The van der Waals surface area contributed by atoms with Gasteiger partial charge in [0.25, 0.3) is 0 Å². The Hall–Kier alpha value is -2.16. The molecular formula is C22H27NO2. The van der Waals surface area contributed by atoms with Gasteiger partial charge in [0.2, 0.25) is 0 Å². The number of hydrogen-bond acceptors (Lipinski definition) is 3. The summed E-state index contributed by atoms with van der Waals surface area (Å²) >= 11 is 0. The van der Waals surface area contributed by atoms with Crippen molar-refractivity contribution in [1.29, 1.82) is 0 Å². The van der Waals surface area contributed by atoms with Gasteiger partial charge in [-0.3, -0.25) is 0 Å². The van der Waals surface area contributed by atoms with E-state index in [-0.39, 0.29) is 11.5 Å². The molecule has 0 aliphatic carbocycles. The first kappa shape index (κ1) is 16.3. The van der Waals surface area contributed by atoms with Crippen molar-refractivity contribution in [1.82, 2.24) is 0 Å². The van der Waals surface area contributed by atoms with Crippen molar-refractivity contribution in [3.8, 4) is 11.5 Å². The maximum Gasteiger partial charge on any atom is 0.128 e. The van der Waals surface area contributed by atoms with Gasteiger partial charge in [0.15, 0.2) is 0 Å². The van der Waals surface area contributed by atoms with Gasteiger partial charge in [-0.15, -0.1) is 0 Å². The summed E-state index contributed by atoms with van der Waals surface area (Å²) in [4.78, 5) is 2.56. The van der Waals surface area contributed by atoms with Crippen LogP contribution in [0.2, 0.25) is 0 Å². The number of anilines is 1. The second kappa shape index (κ2) is 5.69. The molecule has 3 heteroatoms. The highest BCUT2D eigenvalue weighted by Crippen LogP contribution is 2.57. The van der Waals surface area contributed by atoms with Gasteiger partial charge in [-0.2, -0.15) is 0 Å². The topological polar surface area (TPSA) is 21.7 Å². The van der Waals surface area contributed by atoms with Gasteiger partial charge in [0.1, 0.15) is 11.5 Å². The van der Waals surface area contributed by atoms with E-state index in [1.165, 1.54) is 16.8 Å². The van der Waals surface area contributed by atoms with Gasteiger partial charge in [0.05, 0.1) is 25.3 Å². The second-order valence-corrected chi connectivity index (χ2v) is 7.97. The number of para-hydroxylation sites is 1. The van der Waals surface area contributed by atoms with Crippen LogP contribution in [0.15, 0.2) is 42.5 Å². The third-order valence-corrected chi connectivity index (χ3v) is 6.00. The smallest absolute Gasteiger partial charge is 0.128 e. The Morgan fingerprint density at radius 2 is 1.88 bits per heavy atom. The third kappa shape index (κ3) is 2.25. The summed E-state index contributed by atoms with van der Waals surface area (Å²) < 4.78 is 11.9. The Labute approximate surface area is 150 Å². The molecule has 25 heavy (non-hydrogen) atoms. The van der Waals surface area contributed by atoms with E-state index in [4.69, 9.17) is 9.47 Å². The predicted molar refractivity (Wildman–Crippen MR) is 102 cm³/mol. The highest BCUT2D eigenvalue weighted by molar-refractivity contribution is 5.65. The molecule has 0 unspecified atom stereocenters. The molecule has 2 heterocycles. The first-order valence-electron chi connectivity index (χ1n) is 9.14. The van der Waals surface area contributed by atoms with Crippen LogP contribution in [0.5, 0.6) is 11.5 Å². The van der Waals surface area contributed by atoms with Gasteiger partial charge >= 0.3 is 0 Å². The molecule has 0 aromatic heterocycles.